The van der Waals surface area contributed by atoms with E-state index in [0.717, 1.165) is 12.1 Å². The van der Waals surface area contributed by atoms with Crippen molar-refractivity contribution >= 4 is 11.6 Å². The second-order valence-corrected chi connectivity index (χ2v) is 6.44. The van der Waals surface area contributed by atoms with Gasteiger partial charge in [0.25, 0.3) is 0 Å². The zero-order chi connectivity index (χ0) is 14.0. The quantitative estimate of drug-likeness (QED) is 0.877. The Hall–Kier alpha value is -1.51. The van der Waals surface area contributed by atoms with Gasteiger partial charge in [-0.1, -0.05) is 6.07 Å². The van der Waals surface area contributed by atoms with Gasteiger partial charge in [-0.15, -0.1) is 0 Å². The van der Waals surface area contributed by atoms with Crippen molar-refractivity contribution in [2.24, 2.45) is 0 Å². The number of nitrogens with one attached hydrogen (secondary N) is 2. The molecule has 0 saturated carbocycles. The Kier molecular flexibility index (Phi) is 3.83. The average Bonchev–Trinajstić information content (AvgIpc) is 2.73. The van der Waals surface area contributed by atoms with Crippen LogP contribution in [-0.4, -0.2) is 17.5 Å². The van der Waals surface area contributed by atoms with Crippen molar-refractivity contribution in [3.63, 3.8) is 0 Å². The molecule has 0 heterocycles. The Bertz CT molecular complexity index is 474. The Labute approximate surface area is 115 Å². The Morgan fingerprint density at radius 1 is 1.21 bits per heavy atom. The molecule has 3 nitrogen and oxygen atoms in total. The molecule has 19 heavy (non-hydrogen) atoms. The molecule has 0 fully saturated rings. The van der Waals surface area contributed by atoms with E-state index >= 15 is 0 Å². The minimum Gasteiger partial charge on any atom is -0.374 e. The highest BCUT2D eigenvalue weighted by atomic mass is 16.2. The molecule has 0 saturated heterocycles. The molecular weight excluding hydrogens is 236 g/mol. The summed E-state index contributed by atoms with van der Waals surface area (Å²) in [4.78, 5) is 12.0. The van der Waals surface area contributed by atoms with Crippen molar-refractivity contribution in [2.75, 3.05) is 5.32 Å². The van der Waals surface area contributed by atoms with Crippen molar-refractivity contribution < 1.29 is 4.79 Å². The summed E-state index contributed by atoms with van der Waals surface area (Å²) in [6.07, 6.45) is 3.60. The lowest BCUT2D eigenvalue weighted by molar-refractivity contribution is -0.122. The number of rotatable bonds is 3. The molecule has 1 aliphatic rings. The van der Waals surface area contributed by atoms with Gasteiger partial charge in [-0.2, -0.15) is 0 Å². The number of benzene rings is 1. The lowest BCUT2D eigenvalue weighted by atomic mass is 10.1. The third-order valence-electron chi connectivity index (χ3n) is 3.37. The second kappa shape index (κ2) is 5.24. The molecule has 0 spiro atoms. The van der Waals surface area contributed by atoms with Gasteiger partial charge in [0.2, 0.25) is 5.91 Å². The van der Waals surface area contributed by atoms with Crippen LogP contribution in [0.5, 0.6) is 0 Å². The first-order valence-electron chi connectivity index (χ1n) is 7.05. The first kappa shape index (κ1) is 13.9. The number of hydrogen-bond acceptors (Lipinski definition) is 2. The molecule has 104 valence electrons. The first-order chi connectivity index (χ1) is 8.85. The summed E-state index contributed by atoms with van der Waals surface area (Å²) in [6.45, 7) is 7.88. The average molecular weight is 260 g/mol. The Morgan fingerprint density at radius 2 is 1.89 bits per heavy atom. The smallest absolute Gasteiger partial charge is 0.242 e. The van der Waals surface area contributed by atoms with Crippen LogP contribution in [0.3, 0.4) is 0 Å². The number of carbonyl (C=O) groups is 1. The maximum Gasteiger partial charge on any atom is 0.242 e. The summed E-state index contributed by atoms with van der Waals surface area (Å²) >= 11 is 0. The van der Waals surface area contributed by atoms with E-state index in [0.29, 0.717) is 0 Å². The van der Waals surface area contributed by atoms with E-state index in [1.54, 1.807) is 0 Å². The zero-order valence-electron chi connectivity index (χ0n) is 12.3. The van der Waals surface area contributed by atoms with E-state index in [1.165, 1.54) is 24.0 Å². The minimum absolute atomic E-state index is 0.0352. The molecule has 2 rings (SSSR count). The molecular formula is C16H24N2O. The predicted octanol–water partition coefficient (Wildman–Crippen LogP) is 2.89. The molecule has 0 aliphatic heterocycles. The number of carbonyl (C=O) groups excluding carboxylic acids is 1. The minimum atomic E-state index is -0.223. The first-order valence-corrected chi connectivity index (χ1v) is 7.05. The van der Waals surface area contributed by atoms with E-state index in [2.05, 4.69) is 28.8 Å². The third kappa shape index (κ3) is 3.72. The molecule has 0 radical (unpaired) electrons. The topological polar surface area (TPSA) is 41.1 Å². The Morgan fingerprint density at radius 3 is 2.58 bits per heavy atom. The van der Waals surface area contributed by atoms with Crippen LogP contribution >= 0.6 is 0 Å². The van der Waals surface area contributed by atoms with E-state index in [-0.39, 0.29) is 17.5 Å². The van der Waals surface area contributed by atoms with Crippen LogP contribution in [0, 0.1) is 0 Å². The van der Waals surface area contributed by atoms with Crippen molar-refractivity contribution in [2.45, 2.75) is 58.5 Å². The molecule has 1 unspecified atom stereocenters. The van der Waals surface area contributed by atoms with Crippen molar-refractivity contribution in [3.8, 4) is 0 Å². The zero-order valence-corrected chi connectivity index (χ0v) is 12.3. The van der Waals surface area contributed by atoms with Gasteiger partial charge in [0.1, 0.15) is 6.04 Å². The highest BCUT2D eigenvalue weighted by Gasteiger charge is 2.19. The number of hydrogen-bond donors (Lipinski definition) is 2. The van der Waals surface area contributed by atoms with Gasteiger partial charge in [0.05, 0.1) is 0 Å². The van der Waals surface area contributed by atoms with Crippen molar-refractivity contribution in [1.82, 2.24) is 5.32 Å². The van der Waals surface area contributed by atoms with Crippen LogP contribution in [0.1, 0.15) is 45.2 Å². The van der Waals surface area contributed by atoms with Gasteiger partial charge in [-0.3, -0.25) is 4.79 Å². The standard InChI is InChI=1S/C16H24N2O/c1-11(15(19)18-16(2,3)4)17-14-9-8-12-6-5-7-13(12)10-14/h8-11,17H,5-7H2,1-4H3,(H,18,19). The molecule has 1 amide bonds. The van der Waals surface area contributed by atoms with Gasteiger partial charge >= 0.3 is 0 Å². The van der Waals surface area contributed by atoms with E-state index in [9.17, 15) is 4.79 Å². The number of fused-ring (bicyclic) bond motifs is 1. The van der Waals surface area contributed by atoms with Gasteiger partial charge in [0, 0.05) is 11.2 Å². The molecule has 1 aromatic rings. The fourth-order valence-corrected chi connectivity index (χ4v) is 2.46. The summed E-state index contributed by atoms with van der Waals surface area (Å²) in [5.41, 5.74) is 3.73. The van der Waals surface area contributed by atoms with Crippen molar-refractivity contribution in [1.29, 1.82) is 0 Å². The molecule has 2 N–H and O–H groups in total. The summed E-state index contributed by atoms with van der Waals surface area (Å²) in [5, 5.41) is 6.27. The van der Waals surface area contributed by atoms with Crippen LogP contribution in [-0.2, 0) is 17.6 Å². The second-order valence-electron chi connectivity index (χ2n) is 6.44. The van der Waals surface area contributed by atoms with E-state index in [4.69, 9.17) is 0 Å². The monoisotopic (exact) mass is 260 g/mol. The maximum absolute atomic E-state index is 12.0. The largest absolute Gasteiger partial charge is 0.374 e. The molecule has 0 aromatic heterocycles. The van der Waals surface area contributed by atoms with Crippen LogP contribution in [0.15, 0.2) is 18.2 Å². The van der Waals surface area contributed by atoms with Gasteiger partial charge in [-0.25, -0.2) is 0 Å². The van der Waals surface area contributed by atoms with Gasteiger partial charge in [0.15, 0.2) is 0 Å². The van der Waals surface area contributed by atoms with Crippen LogP contribution < -0.4 is 10.6 Å². The summed E-state index contributed by atoms with van der Waals surface area (Å²) < 4.78 is 0. The highest BCUT2D eigenvalue weighted by Crippen LogP contribution is 2.25. The summed E-state index contributed by atoms with van der Waals surface area (Å²) in [6, 6.07) is 6.21. The third-order valence-corrected chi connectivity index (χ3v) is 3.37. The van der Waals surface area contributed by atoms with Crippen LogP contribution in [0.2, 0.25) is 0 Å². The van der Waals surface area contributed by atoms with Crippen LogP contribution in [0.25, 0.3) is 0 Å². The van der Waals surface area contributed by atoms with Crippen LogP contribution in [0.4, 0.5) is 5.69 Å². The fourth-order valence-electron chi connectivity index (χ4n) is 2.46. The maximum atomic E-state index is 12.0. The Balaban J connectivity index is 1.99. The number of aryl methyl sites for hydroxylation is 2. The lowest BCUT2D eigenvalue weighted by Crippen LogP contribution is -2.47. The molecule has 3 heteroatoms. The molecule has 1 aliphatic carbocycles. The summed E-state index contributed by atoms with van der Waals surface area (Å²) in [7, 11) is 0. The molecule has 0 bridgehead atoms. The van der Waals surface area contributed by atoms with Crippen molar-refractivity contribution in [3.05, 3.63) is 29.3 Å². The summed E-state index contributed by atoms with van der Waals surface area (Å²) in [5.74, 6) is 0.0352. The normalized spacial score (nSPS) is 15.8. The predicted molar refractivity (Wildman–Crippen MR) is 79.4 cm³/mol. The number of anilines is 1. The van der Waals surface area contributed by atoms with Gasteiger partial charge < -0.3 is 10.6 Å². The highest BCUT2D eigenvalue weighted by molar-refractivity contribution is 5.84. The van der Waals surface area contributed by atoms with Gasteiger partial charge in [-0.05, 0) is 70.2 Å². The van der Waals surface area contributed by atoms with E-state index in [1.807, 2.05) is 27.7 Å². The molecule has 1 aromatic carbocycles. The SMILES string of the molecule is CC(Nc1ccc2c(c1)CCC2)C(=O)NC(C)(C)C. The fraction of sp³-hybridized carbons (Fsp3) is 0.562. The lowest BCUT2D eigenvalue weighted by Gasteiger charge is -2.24. The molecule has 1 atom stereocenters. The number of amides is 1. The van der Waals surface area contributed by atoms with E-state index < -0.39 is 0 Å².